The highest BCUT2D eigenvalue weighted by atomic mass is 16.4. The van der Waals surface area contributed by atoms with E-state index in [1.807, 2.05) is 78.9 Å². The lowest BCUT2D eigenvalue weighted by atomic mass is 9.94. The van der Waals surface area contributed by atoms with Crippen molar-refractivity contribution in [2.75, 3.05) is 5.32 Å². The molecular formula is C33H29NO4. The van der Waals surface area contributed by atoms with E-state index in [4.69, 9.17) is 4.42 Å². The van der Waals surface area contributed by atoms with Gasteiger partial charge >= 0.3 is 5.63 Å². The van der Waals surface area contributed by atoms with Gasteiger partial charge in [0.2, 0.25) is 0 Å². The first-order chi connectivity index (χ1) is 18.4. The van der Waals surface area contributed by atoms with E-state index in [2.05, 4.69) is 19.2 Å². The van der Waals surface area contributed by atoms with Crippen molar-refractivity contribution in [3.63, 3.8) is 0 Å². The Morgan fingerprint density at radius 3 is 2.29 bits per heavy atom. The van der Waals surface area contributed by atoms with Crippen LogP contribution in [0.2, 0.25) is 0 Å². The number of anilines is 1. The first kappa shape index (κ1) is 25.0. The maximum atomic E-state index is 13.0. The summed E-state index contributed by atoms with van der Waals surface area (Å²) >= 11 is 0. The number of hydrogen-bond acceptors (Lipinski definition) is 4. The molecule has 0 unspecified atom stereocenters. The Balaban J connectivity index is 1.47. The molecule has 2 N–H and O–H groups in total. The van der Waals surface area contributed by atoms with E-state index in [0.717, 1.165) is 40.7 Å². The van der Waals surface area contributed by atoms with Crippen LogP contribution in [-0.4, -0.2) is 11.0 Å². The molecule has 0 fully saturated rings. The van der Waals surface area contributed by atoms with Crippen LogP contribution in [0.4, 0.5) is 5.69 Å². The van der Waals surface area contributed by atoms with E-state index >= 15 is 0 Å². The average molecular weight is 504 g/mol. The van der Waals surface area contributed by atoms with Crippen molar-refractivity contribution in [3.8, 4) is 28.0 Å². The monoisotopic (exact) mass is 503 g/mol. The molecule has 0 aliphatic heterocycles. The lowest BCUT2D eigenvalue weighted by Crippen LogP contribution is -2.18. The van der Waals surface area contributed by atoms with Crippen molar-refractivity contribution in [1.29, 1.82) is 0 Å². The molecule has 0 saturated heterocycles. The zero-order chi connectivity index (χ0) is 26.6. The van der Waals surface area contributed by atoms with Crippen LogP contribution in [0, 0.1) is 5.92 Å². The molecule has 0 radical (unpaired) electrons. The standard InChI is InChI=1S/C33H29NO4/c1-21(2)15-16-22-9-8-12-25(19-22)32(36)34-30-31(35)28-18-17-24(20-29(28)38-33(30)37)27-14-7-6-13-26(27)23-10-4-3-5-11-23/h3-14,17-21,35H,15-16H2,1-2H3,(H,34,36). The quantitative estimate of drug-likeness (QED) is 0.223. The smallest absolute Gasteiger partial charge is 0.364 e. The molecule has 5 nitrogen and oxygen atoms in total. The fraction of sp³-hybridized carbons (Fsp3) is 0.152. The molecule has 0 saturated carbocycles. The first-order valence-electron chi connectivity index (χ1n) is 12.8. The molecule has 1 amide bonds. The normalized spacial score (nSPS) is 11.1. The highest BCUT2D eigenvalue weighted by Crippen LogP contribution is 2.36. The molecule has 38 heavy (non-hydrogen) atoms. The van der Waals surface area contributed by atoms with Crippen LogP contribution in [0.15, 0.2) is 106 Å². The molecule has 5 heteroatoms. The number of hydrogen-bond donors (Lipinski definition) is 2. The highest BCUT2D eigenvalue weighted by Gasteiger charge is 2.19. The number of aromatic hydroxyl groups is 1. The Bertz CT molecular complexity index is 1670. The fourth-order valence-corrected chi connectivity index (χ4v) is 4.58. The molecule has 4 aromatic carbocycles. The number of benzene rings is 4. The second-order valence-corrected chi connectivity index (χ2v) is 9.82. The van der Waals surface area contributed by atoms with Gasteiger partial charge in [0.05, 0.1) is 5.39 Å². The molecule has 190 valence electrons. The molecule has 1 aromatic heterocycles. The maximum absolute atomic E-state index is 13.0. The van der Waals surface area contributed by atoms with Gasteiger partial charge in [0.25, 0.3) is 5.91 Å². The van der Waals surface area contributed by atoms with Gasteiger partial charge in [-0.3, -0.25) is 4.79 Å². The lowest BCUT2D eigenvalue weighted by Gasteiger charge is -2.12. The lowest BCUT2D eigenvalue weighted by molar-refractivity contribution is 0.102. The van der Waals surface area contributed by atoms with Crippen LogP contribution >= 0.6 is 0 Å². The van der Waals surface area contributed by atoms with Gasteiger partial charge in [-0.05, 0) is 70.8 Å². The summed E-state index contributed by atoms with van der Waals surface area (Å²) in [6.07, 6.45) is 1.87. The molecule has 5 rings (SSSR count). The third kappa shape index (κ3) is 5.23. The van der Waals surface area contributed by atoms with Crippen LogP contribution in [0.1, 0.15) is 36.2 Å². The summed E-state index contributed by atoms with van der Waals surface area (Å²) in [4.78, 5) is 25.8. The van der Waals surface area contributed by atoms with Crippen molar-refractivity contribution >= 4 is 22.6 Å². The van der Waals surface area contributed by atoms with Gasteiger partial charge in [-0.1, -0.05) is 86.6 Å². The molecule has 1 heterocycles. The van der Waals surface area contributed by atoms with Gasteiger partial charge in [0.1, 0.15) is 5.58 Å². The summed E-state index contributed by atoms with van der Waals surface area (Å²) in [5.41, 5.74) is 4.54. The summed E-state index contributed by atoms with van der Waals surface area (Å²) in [5, 5.41) is 13.8. The second kappa shape index (κ2) is 10.8. The van der Waals surface area contributed by atoms with Gasteiger partial charge < -0.3 is 14.8 Å². The Morgan fingerprint density at radius 2 is 1.55 bits per heavy atom. The highest BCUT2D eigenvalue weighted by molar-refractivity contribution is 6.06. The van der Waals surface area contributed by atoms with Crippen LogP contribution < -0.4 is 10.9 Å². The largest absolute Gasteiger partial charge is 0.505 e. The fourth-order valence-electron chi connectivity index (χ4n) is 4.58. The van der Waals surface area contributed by atoms with Gasteiger partial charge in [-0.15, -0.1) is 0 Å². The number of aryl methyl sites for hydroxylation is 1. The van der Waals surface area contributed by atoms with Crippen LogP contribution in [0.3, 0.4) is 0 Å². The predicted octanol–water partition coefficient (Wildman–Crippen LogP) is 7.67. The minimum absolute atomic E-state index is 0.238. The summed E-state index contributed by atoms with van der Waals surface area (Å²) in [6, 6.07) is 30.6. The minimum Gasteiger partial charge on any atom is -0.505 e. The summed E-state index contributed by atoms with van der Waals surface area (Å²) < 4.78 is 5.58. The molecule has 0 aliphatic carbocycles. The van der Waals surface area contributed by atoms with Crippen LogP contribution in [0.25, 0.3) is 33.2 Å². The minimum atomic E-state index is -0.812. The second-order valence-electron chi connectivity index (χ2n) is 9.82. The van der Waals surface area contributed by atoms with E-state index in [1.54, 1.807) is 18.2 Å². The Hall–Kier alpha value is -4.64. The van der Waals surface area contributed by atoms with E-state index in [0.29, 0.717) is 16.9 Å². The summed E-state index contributed by atoms with van der Waals surface area (Å²) in [7, 11) is 0. The van der Waals surface area contributed by atoms with Gasteiger partial charge in [-0.2, -0.15) is 0 Å². The van der Waals surface area contributed by atoms with Crippen LogP contribution in [-0.2, 0) is 6.42 Å². The maximum Gasteiger partial charge on any atom is 0.364 e. The van der Waals surface area contributed by atoms with E-state index < -0.39 is 11.5 Å². The van der Waals surface area contributed by atoms with Crippen molar-refractivity contribution in [3.05, 3.63) is 119 Å². The zero-order valence-corrected chi connectivity index (χ0v) is 21.4. The van der Waals surface area contributed by atoms with Crippen molar-refractivity contribution in [2.24, 2.45) is 5.92 Å². The third-order valence-corrected chi connectivity index (χ3v) is 6.64. The molecule has 5 aromatic rings. The number of carbonyl (C=O) groups is 1. The molecule has 0 atom stereocenters. The third-order valence-electron chi connectivity index (χ3n) is 6.64. The summed E-state index contributed by atoms with van der Waals surface area (Å²) in [5.74, 6) is -0.241. The van der Waals surface area contributed by atoms with Crippen molar-refractivity contribution in [2.45, 2.75) is 26.7 Å². The van der Waals surface area contributed by atoms with E-state index in [1.165, 1.54) is 0 Å². The Kier molecular flexibility index (Phi) is 7.09. The van der Waals surface area contributed by atoms with Crippen LogP contribution in [0.5, 0.6) is 5.75 Å². The SMILES string of the molecule is CC(C)CCc1cccc(C(=O)Nc2c(O)c3ccc(-c4ccccc4-c4ccccc4)cc3oc2=O)c1. The Labute approximate surface area is 221 Å². The summed E-state index contributed by atoms with van der Waals surface area (Å²) in [6.45, 7) is 4.31. The number of nitrogens with one attached hydrogen (secondary N) is 1. The van der Waals surface area contributed by atoms with E-state index in [-0.39, 0.29) is 17.0 Å². The van der Waals surface area contributed by atoms with Crippen molar-refractivity contribution in [1.82, 2.24) is 0 Å². The van der Waals surface area contributed by atoms with Gasteiger partial charge in [0.15, 0.2) is 11.4 Å². The zero-order valence-electron chi connectivity index (χ0n) is 21.4. The van der Waals surface area contributed by atoms with Crippen molar-refractivity contribution < 1.29 is 14.3 Å². The molecule has 0 spiro atoms. The van der Waals surface area contributed by atoms with Gasteiger partial charge in [0, 0.05) is 5.56 Å². The molecule has 0 aliphatic rings. The number of fused-ring (bicyclic) bond motifs is 1. The van der Waals surface area contributed by atoms with E-state index in [9.17, 15) is 14.7 Å². The average Bonchev–Trinajstić information content (AvgIpc) is 2.94. The van der Waals surface area contributed by atoms with Gasteiger partial charge in [-0.25, -0.2) is 4.79 Å². The predicted molar refractivity (Wildman–Crippen MR) is 153 cm³/mol. The topological polar surface area (TPSA) is 79.5 Å². The number of rotatable bonds is 7. The Morgan fingerprint density at radius 1 is 0.842 bits per heavy atom. The molecule has 0 bridgehead atoms. The molecular weight excluding hydrogens is 474 g/mol. The first-order valence-corrected chi connectivity index (χ1v) is 12.8. The number of carbonyl (C=O) groups excluding carboxylic acids is 1. The number of amides is 1.